The maximum Gasteiger partial charge on any atom is 0.162 e. The highest BCUT2D eigenvalue weighted by molar-refractivity contribution is 5.95. The second kappa shape index (κ2) is 560. The molecule has 4 unspecified atom stereocenters. The van der Waals surface area contributed by atoms with Crippen molar-refractivity contribution < 1.29 is 102 Å². The Balaban J connectivity index is -0.00000000774. The Labute approximate surface area is 802 Å². The topological polar surface area (TPSA) is 354 Å². The van der Waals surface area contributed by atoms with Gasteiger partial charge in [-0.25, -0.2) is 0 Å². The number of carbonyl (C=O) groups is 12. The number of Topliss-reactive ketones (excluding diaryl/α,β-unsaturated/α-hetero) is 2. The highest BCUT2D eigenvalue weighted by Crippen LogP contribution is 2.09. The summed E-state index contributed by atoms with van der Waals surface area (Å²) in [7, 11) is 1.63. The molecule has 21 nitrogen and oxygen atoms in total. The first-order valence-electron chi connectivity index (χ1n) is 29.9. The molecule has 0 radical (unpaired) electrons. The largest absolute Gasteiger partial charge is 0.394 e. The van der Waals surface area contributed by atoms with Crippen LogP contribution in [-0.4, -0.2) is 188 Å². The summed E-state index contributed by atoms with van der Waals surface area (Å²) in [5.41, 5.74) is 3.57. The summed E-state index contributed by atoms with van der Waals surface area (Å²) in [6, 6.07) is 18.0. The van der Waals surface area contributed by atoms with E-state index in [0.29, 0.717) is 50.7 Å². The summed E-state index contributed by atoms with van der Waals surface area (Å²) in [5, 5.41) is 52.8. The molecule has 0 aliphatic carbocycles. The number of rotatable bonds is 20. The van der Waals surface area contributed by atoms with Gasteiger partial charge in [-0.1, -0.05) is 471 Å². The third-order valence-electron chi connectivity index (χ3n) is 7.30. The number of benzene rings is 2. The molecule has 818 valence electrons. The van der Waals surface area contributed by atoms with Crippen molar-refractivity contribution in [3.8, 4) is 0 Å². The summed E-state index contributed by atoms with van der Waals surface area (Å²) < 4.78 is 14.8. The molecule has 0 heterocycles. The molecule has 2 rings (SSSR count). The van der Waals surface area contributed by atoms with E-state index in [1.807, 2.05) is 216 Å². The lowest BCUT2D eigenvalue weighted by atomic mass is 10.0. The standard InChI is InChI=1S/C9H20O4.C9H10O.C9H12.C7H16O3.C6H14O2.C4H8O.C3H8.6C2H6.10CH2O.34CH4/c1-7(2)9(12)5-8(11)6-13-4-3-10;1-2-9(10)8-6-4-3-5-7-8;1-3-9-6-4-8(2)5-7-9;1-6(5-10-2)3-7(9)4-8;1-6(2)5-8-4-3-7;1-3-4(2)5;1-3-2;16*1-2;;;;;;;;;;;;;;;;;;;;;;;;;;;;;;;;;;/h7-12H,3-6H2,1-2H3;3-7H,2H2,1H3;4-7H,3H2,1-2H3;6-9H,3-5H2,1-2H3;6-7H,3-5H2,1-2H3;3H2,1-2H3;3H2,1-2H3;6*1-2H3;10*1H2;34*1H4. The van der Waals surface area contributed by atoms with Crippen LogP contribution < -0.4 is 0 Å². The van der Waals surface area contributed by atoms with Gasteiger partial charge in [0, 0.05) is 45.1 Å². The van der Waals surface area contributed by atoms with Crippen LogP contribution in [0.1, 0.15) is 465 Å². The van der Waals surface area contributed by atoms with Crippen LogP contribution in [0.5, 0.6) is 0 Å². The number of aliphatic hydroxyl groups is 6. The van der Waals surface area contributed by atoms with E-state index in [2.05, 4.69) is 65.8 Å². The van der Waals surface area contributed by atoms with Crippen molar-refractivity contribution in [1.82, 2.24) is 0 Å². The van der Waals surface area contributed by atoms with E-state index in [4.69, 9.17) is 82.6 Å². The molecule has 0 saturated heterocycles. The summed E-state index contributed by atoms with van der Waals surface area (Å²) in [5.74, 6) is 1.49. The molecule has 0 aliphatic heterocycles. The van der Waals surface area contributed by atoms with Crippen LogP contribution >= 0.6 is 0 Å². The lowest BCUT2D eigenvalue weighted by Gasteiger charge is -2.18. The monoisotopic (exact) mass is 1850 g/mol. The maximum atomic E-state index is 11.0. The molecule has 124 heavy (non-hydrogen) atoms. The van der Waals surface area contributed by atoms with Crippen LogP contribution in [-0.2, 0) is 73.4 Å². The van der Waals surface area contributed by atoms with Gasteiger partial charge in [-0.3, -0.25) is 4.79 Å². The lowest BCUT2D eigenvalue weighted by molar-refractivity contribution is -0.116. The zero-order valence-corrected chi connectivity index (χ0v) is 61.9. The predicted molar refractivity (Wildman–Crippen MR) is 608 cm³/mol. The molecule has 0 fully saturated rings. The molecular weight excluding hydrogens is 1570 g/mol. The Morgan fingerprint density at radius 3 is 0.742 bits per heavy atom. The molecule has 2 aromatic rings. The number of ether oxygens (including phenoxy) is 3. The SMILES string of the molecule is C.C.C.C.C.C.C.C.C.C.C.C.C.C.C.C.C.C.C.C.C.C.C.C.C.C.C.C.C.C.C.C.C.C.C=O.C=O.C=O.C=O.C=O.C=O.C=O.C=O.C=O.C=O.CC.CC.CC.CC.CC.CC.CC(C)C(O)CC(O)COCCO.CC(C)COCCO.CCC.CCC(=O)c1ccccc1.CCC(C)=O.CCc1ccc(C)cc1.COCC(C)CC(O)CO. The van der Waals surface area contributed by atoms with E-state index < -0.39 is 18.3 Å². The number of hydrogen-bond donors (Lipinski definition) is 6. The van der Waals surface area contributed by atoms with Crippen molar-refractivity contribution in [3.05, 3.63) is 71.3 Å². The fourth-order valence-corrected chi connectivity index (χ4v) is 3.83. The number of hydrogen-bond acceptors (Lipinski definition) is 21. The Hall–Kier alpha value is -5.88. The van der Waals surface area contributed by atoms with E-state index >= 15 is 0 Å². The van der Waals surface area contributed by atoms with Gasteiger partial charge in [-0.2, -0.15) is 0 Å². The predicted octanol–water partition coefficient (Wildman–Crippen LogP) is 33.6. The lowest BCUT2D eigenvalue weighted by Crippen LogP contribution is -2.26. The number of aliphatic hydroxyl groups excluding tert-OH is 6. The third-order valence-corrected chi connectivity index (χ3v) is 7.30. The summed E-state index contributed by atoms with van der Waals surface area (Å²) in [4.78, 5) is 101. The van der Waals surface area contributed by atoms with Crippen LogP contribution in [0.3, 0.4) is 0 Å². The fourth-order valence-electron chi connectivity index (χ4n) is 3.83. The summed E-state index contributed by atoms with van der Waals surface area (Å²) in [6.45, 7) is 70.0. The smallest absolute Gasteiger partial charge is 0.162 e. The van der Waals surface area contributed by atoms with Gasteiger partial charge in [-0.05, 0) is 50.0 Å². The van der Waals surface area contributed by atoms with Crippen molar-refractivity contribution in [2.24, 2.45) is 17.8 Å². The molecule has 21 heteroatoms. The number of ketones is 2. The first-order valence-corrected chi connectivity index (χ1v) is 29.9. The highest BCUT2D eigenvalue weighted by Gasteiger charge is 2.15. The average Bonchev–Trinajstić information content (AvgIpc) is 0.942. The van der Waals surface area contributed by atoms with Gasteiger partial charge >= 0.3 is 0 Å². The minimum absolute atomic E-state index is 0. The van der Waals surface area contributed by atoms with Crippen LogP contribution in [0.4, 0.5) is 0 Å². The second-order valence-electron chi connectivity index (χ2n) is 14.6. The van der Waals surface area contributed by atoms with Gasteiger partial charge in [0.25, 0.3) is 0 Å². The third kappa shape index (κ3) is 638. The van der Waals surface area contributed by atoms with Gasteiger partial charge in [0.2, 0.25) is 0 Å². The zero-order chi connectivity index (χ0) is 77.7. The first kappa shape index (κ1) is 407. The van der Waals surface area contributed by atoms with Crippen molar-refractivity contribution in [1.29, 1.82) is 0 Å². The van der Waals surface area contributed by atoms with Crippen LogP contribution in [0.15, 0.2) is 54.6 Å². The minimum atomic E-state index is -0.649. The Bertz CT molecular complexity index is 1260. The molecule has 6 N–H and O–H groups in total. The van der Waals surface area contributed by atoms with Gasteiger partial charge in [0.1, 0.15) is 73.7 Å². The average molecular weight is 1860 g/mol. The minimum Gasteiger partial charge on any atom is -0.394 e. The van der Waals surface area contributed by atoms with E-state index in [9.17, 15) is 19.8 Å². The molecule has 0 saturated carbocycles. The van der Waals surface area contributed by atoms with E-state index in [1.165, 1.54) is 17.5 Å². The quantitative estimate of drug-likeness (QED) is 0.0530. The van der Waals surface area contributed by atoms with Gasteiger partial charge < -0.3 is 97.6 Å². The van der Waals surface area contributed by atoms with Crippen molar-refractivity contribution >= 4 is 79.5 Å². The number of carbonyl (C=O) groups excluding carboxylic acids is 12. The normalized spacial score (nSPS) is 6.23. The molecule has 4 atom stereocenters. The fraction of sp³-hybridized carbons (Fsp3) is 0.767. The highest BCUT2D eigenvalue weighted by atomic mass is 16.5. The Kier molecular flexibility index (Phi) is 1840. The van der Waals surface area contributed by atoms with Crippen LogP contribution in [0, 0.1) is 24.7 Å². The molecule has 0 bridgehead atoms. The van der Waals surface area contributed by atoms with Crippen LogP contribution in [0.2, 0.25) is 0 Å². The maximum absolute atomic E-state index is 11.0. The van der Waals surface area contributed by atoms with Gasteiger partial charge in [-0.15, -0.1) is 0 Å². The molecule has 0 aromatic heterocycles. The van der Waals surface area contributed by atoms with E-state index in [1.54, 1.807) is 14.0 Å². The number of methoxy groups -OCH3 is 1. The molecule has 0 spiro atoms. The van der Waals surface area contributed by atoms with Crippen molar-refractivity contribution in [2.75, 3.05) is 60.0 Å². The molecule has 0 amide bonds. The van der Waals surface area contributed by atoms with Crippen molar-refractivity contribution in [2.45, 2.75) is 476 Å². The second-order valence-corrected chi connectivity index (χ2v) is 14.6. The summed E-state index contributed by atoms with van der Waals surface area (Å²) in [6.07, 6.45) is 2.83. The number of aryl methyl sites for hydroxylation is 2. The van der Waals surface area contributed by atoms with Gasteiger partial charge in [0.05, 0.1) is 58.0 Å². The van der Waals surface area contributed by atoms with E-state index in [0.717, 1.165) is 18.6 Å². The van der Waals surface area contributed by atoms with E-state index in [-0.39, 0.29) is 303 Å². The molecule has 2 aromatic carbocycles. The summed E-state index contributed by atoms with van der Waals surface area (Å²) >= 11 is 0. The molecular formula is C103H280O21. The van der Waals surface area contributed by atoms with Crippen molar-refractivity contribution in [3.63, 3.8) is 0 Å². The first-order chi connectivity index (χ1) is 43.4. The van der Waals surface area contributed by atoms with Gasteiger partial charge in [0.15, 0.2) is 5.78 Å². The zero-order valence-electron chi connectivity index (χ0n) is 61.9. The van der Waals surface area contributed by atoms with Crippen LogP contribution in [0.25, 0.3) is 0 Å². The Morgan fingerprint density at radius 2 is 0.573 bits per heavy atom. The molecule has 0 aliphatic rings. The Morgan fingerprint density at radius 1 is 0.347 bits per heavy atom.